The molecule has 20 heavy (non-hydrogen) atoms. The second-order valence-electron chi connectivity index (χ2n) is 4.91. The Morgan fingerprint density at radius 3 is 2.00 bits per heavy atom. The molecular weight excluding hydrogens is 295 g/mol. The summed E-state index contributed by atoms with van der Waals surface area (Å²) in [5, 5.41) is 0. The lowest BCUT2D eigenvalue weighted by molar-refractivity contribution is 0.627. The van der Waals surface area contributed by atoms with E-state index in [1.165, 1.54) is 23.7 Å². The summed E-state index contributed by atoms with van der Waals surface area (Å²) in [6.07, 6.45) is 0. The summed E-state index contributed by atoms with van der Waals surface area (Å²) in [5.74, 6) is 5.97. The van der Waals surface area contributed by atoms with Crippen LogP contribution < -0.4 is 0 Å². The molecule has 2 aromatic carbocycles. The third kappa shape index (κ3) is 4.93. The molecule has 0 heterocycles. The van der Waals surface area contributed by atoms with E-state index in [0.29, 0.717) is 17.6 Å². The maximum absolute atomic E-state index is 12.8. The van der Waals surface area contributed by atoms with Crippen LogP contribution in [0.25, 0.3) is 0 Å². The fourth-order valence-electron chi connectivity index (χ4n) is 2.01. The summed E-state index contributed by atoms with van der Waals surface area (Å²) in [6.45, 7) is 2.45. The van der Waals surface area contributed by atoms with Crippen molar-refractivity contribution in [3.05, 3.63) is 71.0 Å². The highest BCUT2D eigenvalue weighted by atomic mass is 29.5. The molecule has 0 atom stereocenters. The van der Waals surface area contributed by atoms with Crippen LogP contribution in [0.2, 0.25) is 6.55 Å². The van der Waals surface area contributed by atoms with Gasteiger partial charge in [-0.05, 0) is 51.0 Å². The molecule has 0 spiro atoms. The standard InChI is InChI=1S/C16H19FSi3/c1-18-20-19-12-15-6-4-13(5-7-15)2-3-14-8-10-16(17)11-9-14/h4-11H,12,18-20H2,1H3. The molecule has 0 saturated carbocycles. The molecule has 0 fully saturated rings. The predicted molar refractivity (Wildman–Crippen MR) is 94.0 cm³/mol. The molecule has 0 nitrogen and oxygen atoms in total. The molecule has 0 aliphatic rings. The average molecular weight is 315 g/mol. The maximum Gasteiger partial charge on any atom is 0.123 e. The Morgan fingerprint density at radius 1 is 0.900 bits per heavy atom. The molecule has 0 N–H and O–H groups in total. The lowest BCUT2D eigenvalue weighted by Crippen LogP contribution is -2.12. The molecule has 0 bridgehead atoms. The monoisotopic (exact) mass is 314 g/mol. The fraction of sp³-hybridized carbons (Fsp3) is 0.125. The summed E-state index contributed by atoms with van der Waals surface area (Å²) in [7, 11) is 1.11. The van der Waals surface area contributed by atoms with Gasteiger partial charge in [-0.1, -0.05) is 36.1 Å². The smallest absolute Gasteiger partial charge is 0.123 e. The van der Waals surface area contributed by atoms with Crippen molar-refractivity contribution in [3.8, 4) is 11.8 Å². The van der Waals surface area contributed by atoms with Gasteiger partial charge in [-0.2, -0.15) is 0 Å². The number of rotatable bonds is 4. The minimum atomic E-state index is -0.220. The first-order valence-electron chi connectivity index (χ1n) is 7.14. The highest BCUT2D eigenvalue weighted by Crippen LogP contribution is 2.05. The molecule has 0 aliphatic carbocycles. The first-order chi connectivity index (χ1) is 9.78. The van der Waals surface area contributed by atoms with Crippen molar-refractivity contribution >= 4 is 26.6 Å². The fourth-order valence-corrected chi connectivity index (χ4v) is 13.7. The van der Waals surface area contributed by atoms with E-state index in [0.717, 1.165) is 11.1 Å². The van der Waals surface area contributed by atoms with Crippen molar-refractivity contribution in [2.24, 2.45) is 0 Å². The minimum absolute atomic E-state index is 0.220. The van der Waals surface area contributed by atoms with Crippen molar-refractivity contribution in [1.29, 1.82) is 0 Å². The van der Waals surface area contributed by atoms with Crippen LogP contribution in [0.4, 0.5) is 4.39 Å². The molecule has 4 heteroatoms. The summed E-state index contributed by atoms with van der Waals surface area (Å²) in [5.41, 5.74) is 3.36. The maximum atomic E-state index is 12.8. The van der Waals surface area contributed by atoms with Gasteiger partial charge in [0.1, 0.15) is 5.82 Å². The van der Waals surface area contributed by atoms with Crippen LogP contribution in [0.3, 0.4) is 0 Å². The second kappa shape index (κ2) is 8.00. The zero-order chi connectivity index (χ0) is 14.2. The van der Waals surface area contributed by atoms with E-state index < -0.39 is 0 Å². The van der Waals surface area contributed by atoms with E-state index in [4.69, 9.17) is 0 Å². The Morgan fingerprint density at radius 2 is 1.45 bits per heavy atom. The Hall–Kier alpha value is -1.42. The highest BCUT2D eigenvalue weighted by Gasteiger charge is 1.94. The number of hydrogen-bond acceptors (Lipinski definition) is 0. The Bertz CT molecular complexity index is 594. The Labute approximate surface area is 126 Å². The third-order valence-corrected chi connectivity index (χ3v) is 20.9. The summed E-state index contributed by atoms with van der Waals surface area (Å²) in [6, 6.07) is 16.3. The Kier molecular flexibility index (Phi) is 5.99. The first kappa shape index (κ1) is 15.0. The molecule has 0 radical (unpaired) electrons. The summed E-state index contributed by atoms with van der Waals surface area (Å²) in [4.78, 5) is 0. The van der Waals surface area contributed by atoms with Gasteiger partial charge >= 0.3 is 0 Å². The lowest BCUT2D eigenvalue weighted by Gasteiger charge is -1.99. The molecule has 0 unspecified atom stereocenters. The van der Waals surface area contributed by atoms with Crippen molar-refractivity contribution in [2.45, 2.75) is 12.6 Å². The number of hydrogen-bond donors (Lipinski definition) is 0. The Balaban J connectivity index is 1.98. The number of benzene rings is 2. The predicted octanol–water partition coefficient (Wildman–Crippen LogP) is 1.11. The van der Waals surface area contributed by atoms with Crippen LogP contribution in [-0.4, -0.2) is 26.6 Å². The van der Waals surface area contributed by atoms with E-state index >= 15 is 0 Å². The van der Waals surface area contributed by atoms with Crippen LogP contribution in [0.15, 0.2) is 48.5 Å². The molecule has 0 saturated heterocycles. The quantitative estimate of drug-likeness (QED) is 0.451. The van der Waals surface area contributed by atoms with Crippen LogP contribution in [0.5, 0.6) is 0 Å². The van der Waals surface area contributed by atoms with Crippen molar-refractivity contribution < 1.29 is 4.39 Å². The van der Waals surface area contributed by atoms with Gasteiger partial charge in [0.05, 0.1) is 0 Å². The van der Waals surface area contributed by atoms with Gasteiger partial charge in [-0.15, -0.1) is 0 Å². The third-order valence-electron chi connectivity index (χ3n) is 3.22. The molecular formula is C16H19FSi3. The van der Waals surface area contributed by atoms with E-state index in [-0.39, 0.29) is 14.9 Å². The SMILES string of the molecule is C[SiH2][SiH2][SiH2]Cc1ccc(C#Cc2ccc(F)cc2)cc1. The lowest BCUT2D eigenvalue weighted by atomic mass is 10.1. The average Bonchev–Trinajstić information content (AvgIpc) is 2.48. The van der Waals surface area contributed by atoms with Crippen LogP contribution in [0.1, 0.15) is 16.7 Å². The van der Waals surface area contributed by atoms with Gasteiger partial charge in [-0.25, -0.2) is 4.39 Å². The van der Waals surface area contributed by atoms with Crippen LogP contribution in [-0.2, 0) is 6.04 Å². The van der Waals surface area contributed by atoms with Gasteiger partial charge in [0.2, 0.25) is 0 Å². The minimum Gasteiger partial charge on any atom is -0.207 e. The normalized spacial score (nSPS) is 11.7. The summed E-state index contributed by atoms with van der Waals surface area (Å²) < 4.78 is 12.8. The van der Waals surface area contributed by atoms with Crippen LogP contribution in [0, 0.1) is 17.7 Å². The zero-order valence-corrected chi connectivity index (χ0v) is 16.1. The van der Waals surface area contributed by atoms with Gasteiger partial charge in [0.25, 0.3) is 0 Å². The highest BCUT2D eigenvalue weighted by molar-refractivity contribution is 7.28. The summed E-state index contributed by atoms with van der Waals surface area (Å²) >= 11 is 0. The van der Waals surface area contributed by atoms with E-state index in [9.17, 15) is 4.39 Å². The van der Waals surface area contributed by atoms with Crippen LogP contribution >= 0.6 is 0 Å². The van der Waals surface area contributed by atoms with E-state index in [1.54, 1.807) is 12.1 Å². The van der Waals surface area contributed by atoms with Gasteiger partial charge in [-0.3, -0.25) is 0 Å². The first-order valence-corrected chi connectivity index (χ1v) is 17.6. The topological polar surface area (TPSA) is 0 Å². The van der Waals surface area contributed by atoms with Crippen molar-refractivity contribution in [1.82, 2.24) is 0 Å². The number of halogens is 1. The second-order valence-corrected chi connectivity index (χ2v) is 21.4. The molecule has 0 aromatic heterocycles. The van der Waals surface area contributed by atoms with Gasteiger partial charge < -0.3 is 0 Å². The largest absolute Gasteiger partial charge is 0.207 e. The molecule has 102 valence electrons. The molecule has 2 rings (SSSR count). The molecule has 2 aromatic rings. The van der Waals surface area contributed by atoms with Crippen molar-refractivity contribution in [3.63, 3.8) is 0 Å². The van der Waals surface area contributed by atoms with Crippen molar-refractivity contribution in [2.75, 3.05) is 0 Å². The molecule has 0 amide bonds. The molecule has 0 aliphatic heterocycles. The van der Waals surface area contributed by atoms with E-state index in [2.05, 4.69) is 42.7 Å². The zero-order valence-electron chi connectivity index (χ0n) is 11.8. The van der Waals surface area contributed by atoms with Gasteiger partial charge in [0, 0.05) is 29.2 Å². The van der Waals surface area contributed by atoms with Gasteiger partial charge in [0.15, 0.2) is 0 Å². The van der Waals surface area contributed by atoms with E-state index in [1.807, 2.05) is 0 Å².